The zero-order chi connectivity index (χ0) is 14.2. The van der Waals surface area contributed by atoms with E-state index in [1.165, 1.54) is 16.6 Å². The third kappa shape index (κ3) is 3.46. The van der Waals surface area contributed by atoms with Gasteiger partial charge in [0.2, 0.25) is 0 Å². The van der Waals surface area contributed by atoms with Crippen LogP contribution in [0.4, 0.5) is 13.2 Å². The number of aromatic carboxylic acids is 1. The smallest absolute Gasteiger partial charge is 0.401 e. The molecule has 1 aliphatic carbocycles. The van der Waals surface area contributed by atoms with E-state index in [0.29, 0.717) is 5.69 Å². The summed E-state index contributed by atoms with van der Waals surface area (Å²) < 4.78 is 38.8. The van der Waals surface area contributed by atoms with E-state index in [4.69, 9.17) is 5.11 Å². The van der Waals surface area contributed by atoms with Gasteiger partial charge in [-0.15, -0.1) is 0 Å². The van der Waals surface area contributed by atoms with Gasteiger partial charge in [-0.25, -0.2) is 4.79 Å². The molecule has 0 bridgehead atoms. The van der Waals surface area contributed by atoms with Gasteiger partial charge < -0.3 is 5.11 Å². The van der Waals surface area contributed by atoms with Crippen molar-refractivity contribution >= 4 is 5.97 Å². The van der Waals surface area contributed by atoms with Gasteiger partial charge in [0.1, 0.15) is 5.56 Å². The summed E-state index contributed by atoms with van der Waals surface area (Å²) in [5.74, 6) is -1.18. The summed E-state index contributed by atoms with van der Waals surface area (Å²) in [7, 11) is 1.53. The Bertz CT molecular complexity index is 480. The van der Waals surface area contributed by atoms with Crippen LogP contribution in [0.25, 0.3) is 0 Å². The largest absolute Gasteiger partial charge is 0.478 e. The van der Waals surface area contributed by atoms with Crippen molar-refractivity contribution in [3.63, 3.8) is 0 Å². The lowest BCUT2D eigenvalue weighted by molar-refractivity contribution is -0.148. The lowest BCUT2D eigenvalue weighted by Gasteiger charge is -2.23. The first kappa shape index (κ1) is 13.9. The molecule has 1 fully saturated rings. The first-order chi connectivity index (χ1) is 8.78. The summed E-state index contributed by atoms with van der Waals surface area (Å²) in [5.41, 5.74) is 0.249. The summed E-state index contributed by atoms with van der Waals surface area (Å²) in [5, 5.41) is 12.8. The van der Waals surface area contributed by atoms with Crippen LogP contribution in [0, 0.1) is 0 Å². The highest BCUT2D eigenvalue weighted by Crippen LogP contribution is 2.31. The topological polar surface area (TPSA) is 58.4 Å². The fourth-order valence-electron chi connectivity index (χ4n) is 2.01. The Hall–Kier alpha value is -1.57. The summed E-state index contributed by atoms with van der Waals surface area (Å²) >= 11 is 0. The lowest BCUT2D eigenvalue weighted by Crippen LogP contribution is -2.36. The molecule has 1 N–H and O–H groups in total. The Morgan fingerprint density at radius 1 is 1.58 bits per heavy atom. The van der Waals surface area contributed by atoms with Crippen LogP contribution >= 0.6 is 0 Å². The van der Waals surface area contributed by atoms with Crippen LogP contribution < -0.4 is 0 Å². The number of carboxylic acids is 1. The van der Waals surface area contributed by atoms with Crippen LogP contribution in [0.15, 0.2) is 6.20 Å². The fourth-order valence-corrected chi connectivity index (χ4v) is 2.01. The van der Waals surface area contributed by atoms with Gasteiger partial charge in [-0.1, -0.05) is 0 Å². The monoisotopic (exact) mass is 277 g/mol. The van der Waals surface area contributed by atoms with E-state index in [1.807, 2.05) is 0 Å². The van der Waals surface area contributed by atoms with Gasteiger partial charge in [-0.3, -0.25) is 9.58 Å². The number of alkyl halides is 3. The van der Waals surface area contributed by atoms with Crippen LogP contribution in [0.1, 0.15) is 28.9 Å². The molecule has 0 spiro atoms. The van der Waals surface area contributed by atoms with Crippen molar-refractivity contribution < 1.29 is 23.1 Å². The second-order valence-electron chi connectivity index (χ2n) is 4.69. The third-order valence-corrected chi connectivity index (χ3v) is 3.09. The van der Waals surface area contributed by atoms with Gasteiger partial charge in [-0.05, 0) is 12.8 Å². The first-order valence-corrected chi connectivity index (χ1v) is 5.83. The molecule has 2 rings (SSSR count). The molecule has 0 aromatic carbocycles. The van der Waals surface area contributed by atoms with Crippen molar-refractivity contribution in [1.29, 1.82) is 0 Å². The highest BCUT2D eigenvalue weighted by molar-refractivity contribution is 5.88. The Morgan fingerprint density at radius 2 is 2.21 bits per heavy atom. The molecule has 0 saturated heterocycles. The molecule has 0 aliphatic heterocycles. The van der Waals surface area contributed by atoms with Crippen molar-refractivity contribution in [3.8, 4) is 0 Å². The maximum atomic E-state index is 12.5. The molecule has 19 heavy (non-hydrogen) atoms. The Labute approximate surface area is 107 Å². The number of nitrogens with zero attached hydrogens (tertiary/aromatic N) is 3. The van der Waals surface area contributed by atoms with Crippen LogP contribution in [0.5, 0.6) is 0 Å². The minimum atomic E-state index is -4.29. The number of hydrogen-bond acceptors (Lipinski definition) is 3. The molecule has 8 heteroatoms. The van der Waals surface area contributed by atoms with Crippen molar-refractivity contribution in [2.24, 2.45) is 7.05 Å². The normalized spacial score (nSPS) is 16.1. The maximum Gasteiger partial charge on any atom is 0.401 e. The van der Waals surface area contributed by atoms with E-state index in [9.17, 15) is 18.0 Å². The highest BCUT2D eigenvalue weighted by Gasteiger charge is 2.38. The SMILES string of the molecule is Cn1ncc(C(=O)O)c1CN(CC(F)(F)F)C1CC1. The zero-order valence-electron chi connectivity index (χ0n) is 10.3. The van der Waals surface area contributed by atoms with Crippen LogP contribution in [-0.2, 0) is 13.6 Å². The molecule has 106 valence electrons. The van der Waals surface area contributed by atoms with Crippen molar-refractivity contribution in [2.45, 2.75) is 31.6 Å². The number of rotatable bonds is 5. The first-order valence-electron chi connectivity index (χ1n) is 5.83. The molecule has 0 unspecified atom stereocenters. The van der Waals surface area contributed by atoms with Gasteiger partial charge in [0.15, 0.2) is 0 Å². The molecule has 0 atom stereocenters. The molecule has 1 aromatic rings. The summed E-state index contributed by atoms with van der Waals surface area (Å²) in [6.45, 7) is -1.08. The average Bonchev–Trinajstić information content (AvgIpc) is 3.03. The van der Waals surface area contributed by atoms with E-state index in [1.54, 1.807) is 0 Å². The second-order valence-corrected chi connectivity index (χ2v) is 4.69. The Morgan fingerprint density at radius 3 is 2.68 bits per heavy atom. The standard InChI is InChI=1S/C11H14F3N3O2/c1-16-9(8(4-15-16)10(18)19)5-17(7-2-3-7)6-11(12,13)14/h4,7H,2-3,5-6H2,1H3,(H,18,19). The van der Waals surface area contributed by atoms with Gasteiger partial charge >= 0.3 is 12.1 Å². The maximum absolute atomic E-state index is 12.5. The molecule has 1 aliphatic rings. The number of hydrogen-bond donors (Lipinski definition) is 1. The van der Waals surface area contributed by atoms with Crippen LogP contribution in [-0.4, -0.2) is 44.5 Å². The molecule has 0 radical (unpaired) electrons. The average molecular weight is 277 g/mol. The van der Waals surface area contributed by atoms with Gasteiger partial charge in [0, 0.05) is 19.6 Å². The Balaban J connectivity index is 2.17. The number of carbonyl (C=O) groups is 1. The number of halogens is 3. The Kier molecular flexibility index (Phi) is 3.53. The second kappa shape index (κ2) is 4.84. The number of aryl methyl sites for hydroxylation is 1. The summed E-state index contributed by atoms with van der Waals surface area (Å²) in [6.07, 6.45) is -1.69. The van der Waals surface area contributed by atoms with Crippen molar-refractivity contribution in [1.82, 2.24) is 14.7 Å². The van der Waals surface area contributed by atoms with Crippen LogP contribution in [0.3, 0.4) is 0 Å². The molecule has 0 amide bonds. The predicted molar refractivity (Wildman–Crippen MR) is 59.7 cm³/mol. The van der Waals surface area contributed by atoms with Crippen molar-refractivity contribution in [3.05, 3.63) is 17.5 Å². The zero-order valence-corrected chi connectivity index (χ0v) is 10.3. The highest BCUT2D eigenvalue weighted by atomic mass is 19.4. The molecule has 1 saturated carbocycles. The van der Waals surface area contributed by atoms with E-state index >= 15 is 0 Å². The number of aromatic nitrogens is 2. The fraction of sp³-hybridized carbons (Fsp3) is 0.636. The van der Waals surface area contributed by atoms with E-state index in [-0.39, 0.29) is 18.2 Å². The van der Waals surface area contributed by atoms with Gasteiger partial charge in [0.25, 0.3) is 0 Å². The third-order valence-electron chi connectivity index (χ3n) is 3.09. The number of carboxylic acid groups (broad SMARTS) is 1. The molecule has 1 heterocycles. The molecular formula is C11H14F3N3O2. The molecule has 1 aromatic heterocycles. The van der Waals surface area contributed by atoms with E-state index < -0.39 is 18.7 Å². The quantitative estimate of drug-likeness (QED) is 0.889. The van der Waals surface area contributed by atoms with Crippen molar-refractivity contribution in [2.75, 3.05) is 6.54 Å². The molecular weight excluding hydrogens is 263 g/mol. The van der Waals surface area contributed by atoms with E-state index in [2.05, 4.69) is 5.10 Å². The summed E-state index contributed by atoms with van der Waals surface area (Å²) in [4.78, 5) is 12.3. The minimum Gasteiger partial charge on any atom is -0.478 e. The van der Waals surface area contributed by atoms with E-state index in [0.717, 1.165) is 19.0 Å². The molecule has 5 nitrogen and oxygen atoms in total. The van der Waals surface area contributed by atoms with Gasteiger partial charge in [0.05, 0.1) is 18.4 Å². The summed E-state index contributed by atoms with van der Waals surface area (Å²) in [6, 6.07) is -0.113. The minimum absolute atomic E-state index is 0.0460. The van der Waals surface area contributed by atoms with Gasteiger partial charge in [-0.2, -0.15) is 18.3 Å². The predicted octanol–water partition coefficient (Wildman–Crippen LogP) is 1.65. The van der Waals surface area contributed by atoms with Crippen LogP contribution in [0.2, 0.25) is 0 Å². The lowest BCUT2D eigenvalue weighted by atomic mass is 10.2.